The van der Waals surface area contributed by atoms with Crippen molar-refractivity contribution in [1.29, 1.82) is 0 Å². The molecule has 0 amide bonds. The summed E-state index contributed by atoms with van der Waals surface area (Å²) in [7, 11) is 0. The fourth-order valence-corrected chi connectivity index (χ4v) is 3.24. The minimum Gasteiger partial charge on any atom is -0.338 e. The highest BCUT2D eigenvalue weighted by molar-refractivity contribution is 7.08. The maximum absolute atomic E-state index is 5.74. The molecule has 0 radical (unpaired) electrons. The molecule has 19 heavy (non-hydrogen) atoms. The second-order valence-corrected chi connectivity index (χ2v) is 5.92. The number of thiophene rings is 1. The minimum absolute atomic E-state index is 0.532. The number of nitrogens with zero attached hydrogens (tertiary/aromatic N) is 3. The van der Waals surface area contributed by atoms with Crippen molar-refractivity contribution >= 4 is 11.3 Å². The number of hydrogen-bond donors (Lipinski definition) is 1. The van der Waals surface area contributed by atoms with Gasteiger partial charge >= 0.3 is 0 Å². The summed E-state index contributed by atoms with van der Waals surface area (Å²) in [4.78, 5) is 6.82. The van der Waals surface area contributed by atoms with Gasteiger partial charge in [-0.3, -0.25) is 4.90 Å². The van der Waals surface area contributed by atoms with Gasteiger partial charge in [0.05, 0.1) is 6.54 Å². The maximum atomic E-state index is 5.74. The van der Waals surface area contributed by atoms with E-state index in [1.807, 2.05) is 16.8 Å². The van der Waals surface area contributed by atoms with Gasteiger partial charge in [-0.1, -0.05) is 5.16 Å². The lowest BCUT2D eigenvalue weighted by Gasteiger charge is -2.18. The van der Waals surface area contributed by atoms with Gasteiger partial charge in [0.25, 0.3) is 0 Å². The Bertz CT molecular complexity index is 524. The third-order valence-electron chi connectivity index (χ3n) is 3.71. The fraction of sp³-hybridized carbons (Fsp3) is 0.538. The van der Waals surface area contributed by atoms with E-state index in [2.05, 4.69) is 22.0 Å². The van der Waals surface area contributed by atoms with Crippen molar-refractivity contribution in [1.82, 2.24) is 15.0 Å². The summed E-state index contributed by atoms with van der Waals surface area (Å²) in [6.07, 6.45) is 1.15. The summed E-state index contributed by atoms with van der Waals surface area (Å²) in [5, 5.41) is 8.07. The lowest BCUT2D eigenvalue weighted by molar-refractivity contribution is 0.218. The van der Waals surface area contributed by atoms with Gasteiger partial charge in [0.1, 0.15) is 0 Å². The van der Waals surface area contributed by atoms with E-state index < -0.39 is 0 Å². The van der Waals surface area contributed by atoms with Crippen molar-refractivity contribution in [2.24, 2.45) is 11.7 Å². The average Bonchev–Trinajstić information content (AvgIpc) is 3.11. The van der Waals surface area contributed by atoms with E-state index in [0.29, 0.717) is 23.7 Å². The first-order chi connectivity index (χ1) is 9.26. The summed E-state index contributed by atoms with van der Waals surface area (Å²) in [5.74, 6) is 1.96. The zero-order valence-electron chi connectivity index (χ0n) is 11.0. The van der Waals surface area contributed by atoms with Crippen LogP contribution in [0.2, 0.25) is 0 Å². The Labute approximate surface area is 116 Å². The zero-order valence-corrected chi connectivity index (χ0v) is 11.8. The van der Waals surface area contributed by atoms with Crippen LogP contribution >= 0.6 is 11.3 Å². The molecule has 0 saturated carbocycles. The highest BCUT2D eigenvalue weighted by atomic mass is 32.1. The van der Waals surface area contributed by atoms with Crippen LogP contribution in [0.25, 0.3) is 11.4 Å². The van der Waals surface area contributed by atoms with Crippen LogP contribution in [0.1, 0.15) is 19.2 Å². The van der Waals surface area contributed by atoms with Gasteiger partial charge in [0, 0.05) is 23.5 Å². The largest absolute Gasteiger partial charge is 0.338 e. The van der Waals surface area contributed by atoms with Crippen molar-refractivity contribution in [2.45, 2.75) is 25.9 Å². The molecule has 5 nitrogen and oxygen atoms in total. The van der Waals surface area contributed by atoms with Gasteiger partial charge in [-0.15, -0.1) is 0 Å². The molecule has 102 valence electrons. The Morgan fingerprint density at radius 1 is 1.58 bits per heavy atom. The summed E-state index contributed by atoms with van der Waals surface area (Å²) in [5.41, 5.74) is 6.77. The van der Waals surface area contributed by atoms with Crippen LogP contribution in [0.3, 0.4) is 0 Å². The van der Waals surface area contributed by atoms with Gasteiger partial charge in [-0.05, 0) is 37.3 Å². The quantitative estimate of drug-likeness (QED) is 0.926. The lowest BCUT2D eigenvalue weighted by atomic mass is 10.1. The predicted molar refractivity (Wildman–Crippen MR) is 74.6 cm³/mol. The summed E-state index contributed by atoms with van der Waals surface area (Å²) < 4.78 is 5.34. The van der Waals surface area contributed by atoms with Gasteiger partial charge in [-0.25, -0.2) is 0 Å². The van der Waals surface area contributed by atoms with Crippen LogP contribution in [0.15, 0.2) is 21.3 Å². The van der Waals surface area contributed by atoms with E-state index in [0.717, 1.165) is 31.6 Å². The Hall–Kier alpha value is -1.24. The van der Waals surface area contributed by atoms with E-state index in [9.17, 15) is 0 Å². The second-order valence-electron chi connectivity index (χ2n) is 5.14. The molecule has 0 bridgehead atoms. The molecule has 2 aromatic heterocycles. The molecule has 0 aliphatic carbocycles. The molecule has 1 saturated heterocycles. The Morgan fingerprint density at radius 2 is 2.47 bits per heavy atom. The van der Waals surface area contributed by atoms with Crippen molar-refractivity contribution in [3.05, 3.63) is 22.7 Å². The van der Waals surface area contributed by atoms with E-state index in [1.165, 1.54) is 0 Å². The van der Waals surface area contributed by atoms with Crippen molar-refractivity contribution in [3.8, 4) is 11.4 Å². The fourth-order valence-electron chi connectivity index (χ4n) is 2.61. The van der Waals surface area contributed by atoms with Gasteiger partial charge in [0.15, 0.2) is 0 Å². The molecular weight excluding hydrogens is 260 g/mol. The summed E-state index contributed by atoms with van der Waals surface area (Å²) in [6.45, 7) is 4.72. The third kappa shape index (κ3) is 2.70. The minimum atomic E-state index is 0.532. The number of hydrogen-bond acceptors (Lipinski definition) is 6. The van der Waals surface area contributed by atoms with Gasteiger partial charge in [-0.2, -0.15) is 16.3 Å². The van der Waals surface area contributed by atoms with Crippen molar-refractivity contribution in [2.75, 3.05) is 13.1 Å². The smallest absolute Gasteiger partial charge is 0.241 e. The van der Waals surface area contributed by atoms with E-state index in [-0.39, 0.29) is 0 Å². The molecule has 0 aromatic carbocycles. The van der Waals surface area contributed by atoms with E-state index in [1.54, 1.807) is 11.3 Å². The summed E-state index contributed by atoms with van der Waals surface area (Å²) >= 11 is 1.63. The van der Waals surface area contributed by atoms with Crippen LogP contribution < -0.4 is 5.73 Å². The summed E-state index contributed by atoms with van der Waals surface area (Å²) in [6, 6.07) is 2.53. The van der Waals surface area contributed by atoms with Gasteiger partial charge < -0.3 is 10.3 Å². The third-order valence-corrected chi connectivity index (χ3v) is 4.39. The number of rotatable bonds is 4. The van der Waals surface area contributed by atoms with Crippen LogP contribution in [-0.4, -0.2) is 34.2 Å². The molecule has 3 heterocycles. The van der Waals surface area contributed by atoms with Crippen molar-refractivity contribution in [3.63, 3.8) is 0 Å². The zero-order chi connectivity index (χ0) is 13.2. The molecule has 3 rings (SSSR count). The Morgan fingerprint density at radius 3 is 3.16 bits per heavy atom. The predicted octanol–water partition coefficient (Wildman–Crippen LogP) is 1.97. The Balaban J connectivity index is 1.68. The molecule has 2 atom stereocenters. The van der Waals surface area contributed by atoms with Crippen LogP contribution in [0.5, 0.6) is 0 Å². The van der Waals surface area contributed by atoms with Crippen LogP contribution in [-0.2, 0) is 6.54 Å². The van der Waals surface area contributed by atoms with Crippen LogP contribution in [0, 0.1) is 5.92 Å². The lowest BCUT2D eigenvalue weighted by Crippen LogP contribution is -2.27. The standard InChI is InChI=1S/C13H18N4OS/c1-9-4-10(5-14)6-17(9)7-12-15-13(16-18-12)11-2-3-19-8-11/h2-3,8-10H,4-7,14H2,1H3. The first-order valence-electron chi connectivity index (χ1n) is 6.55. The molecule has 2 aromatic rings. The number of nitrogens with two attached hydrogens (primary N) is 1. The number of likely N-dealkylation sites (tertiary alicyclic amines) is 1. The molecule has 2 unspecified atom stereocenters. The topological polar surface area (TPSA) is 68.2 Å². The molecular formula is C13H18N4OS. The van der Waals surface area contributed by atoms with Crippen LogP contribution in [0.4, 0.5) is 0 Å². The first-order valence-corrected chi connectivity index (χ1v) is 7.50. The van der Waals surface area contributed by atoms with E-state index >= 15 is 0 Å². The second kappa shape index (κ2) is 5.40. The highest BCUT2D eigenvalue weighted by Gasteiger charge is 2.29. The highest BCUT2D eigenvalue weighted by Crippen LogP contribution is 2.24. The normalized spacial score (nSPS) is 24.1. The monoisotopic (exact) mass is 278 g/mol. The molecule has 6 heteroatoms. The SMILES string of the molecule is CC1CC(CN)CN1Cc1nc(-c2ccsc2)no1. The first kappa shape index (κ1) is 12.8. The average molecular weight is 278 g/mol. The molecule has 2 N–H and O–H groups in total. The maximum Gasteiger partial charge on any atom is 0.241 e. The Kier molecular flexibility index (Phi) is 3.63. The van der Waals surface area contributed by atoms with Gasteiger partial charge in [0.2, 0.25) is 11.7 Å². The molecule has 1 aliphatic rings. The number of aromatic nitrogens is 2. The molecule has 1 fully saturated rings. The van der Waals surface area contributed by atoms with E-state index in [4.69, 9.17) is 10.3 Å². The van der Waals surface area contributed by atoms with Crippen molar-refractivity contribution < 1.29 is 4.52 Å². The molecule has 1 aliphatic heterocycles. The molecule has 0 spiro atoms.